The second-order valence-electron chi connectivity index (χ2n) is 4.39. The maximum Gasteiger partial charge on any atom is 0.471 e. The van der Waals surface area contributed by atoms with Crippen LogP contribution in [-0.4, -0.2) is 34.1 Å². The van der Waals surface area contributed by atoms with Crippen molar-refractivity contribution in [3.05, 3.63) is 39.9 Å². The summed E-state index contributed by atoms with van der Waals surface area (Å²) in [7, 11) is 0. The molecule has 0 aliphatic heterocycles. The van der Waals surface area contributed by atoms with Crippen molar-refractivity contribution in [2.24, 2.45) is 0 Å². The van der Waals surface area contributed by atoms with Crippen LogP contribution >= 0.6 is 0 Å². The first kappa shape index (κ1) is 17.4. The van der Waals surface area contributed by atoms with E-state index in [9.17, 15) is 32.9 Å². The molecular formula is C12H11F3N2O5. The lowest BCUT2D eigenvalue weighted by molar-refractivity contribution is -0.384. The second kappa shape index (κ2) is 6.87. The van der Waals surface area contributed by atoms with Crippen LogP contribution < -0.4 is 5.32 Å². The van der Waals surface area contributed by atoms with E-state index >= 15 is 0 Å². The Hall–Kier alpha value is -2.65. The average molecular weight is 320 g/mol. The SMILES string of the molecule is O=C(O)CC(Cc1ccc([N+](=O)[O-])cc1)NC(=O)C(F)(F)F. The number of nitro groups is 1. The number of carbonyl (C=O) groups excluding carboxylic acids is 1. The smallest absolute Gasteiger partial charge is 0.471 e. The number of amides is 1. The molecule has 0 aromatic heterocycles. The quantitative estimate of drug-likeness (QED) is 0.612. The number of hydrogen-bond acceptors (Lipinski definition) is 4. The summed E-state index contributed by atoms with van der Waals surface area (Å²) in [5.41, 5.74) is 0.150. The molecule has 10 heteroatoms. The van der Waals surface area contributed by atoms with E-state index < -0.39 is 35.4 Å². The molecule has 0 bridgehead atoms. The first-order valence-corrected chi connectivity index (χ1v) is 5.92. The Labute approximate surface area is 121 Å². The molecule has 0 spiro atoms. The number of carboxylic acid groups (broad SMARTS) is 1. The van der Waals surface area contributed by atoms with Gasteiger partial charge in [0.2, 0.25) is 0 Å². The Morgan fingerprint density at radius 2 is 1.82 bits per heavy atom. The zero-order valence-corrected chi connectivity index (χ0v) is 11.0. The van der Waals surface area contributed by atoms with Crippen molar-refractivity contribution in [3.63, 3.8) is 0 Å². The average Bonchev–Trinajstić information content (AvgIpc) is 2.37. The predicted octanol–water partition coefficient (Wildman–Crippen LogP) is 1.66. The van der Waals surface area contributed by atoms with E-state index in [1.807, 2.05) is 0 Å². The molecule has 120 valence electrons. The van der Waals surface area contributed by atoms with E-state index in [4.69, 9.17) is 5.11 Å². The van der Waals surface area contributed by atoms with Crippen molar-refractivity contribution < 1.29 is 32.8 Å². The Kier molecular flexibility index (Phi) is 5.44. The third kappa shape index (κ3) is 5.38. The van der Waals surface area contributed by atoms with Crippen LogP contribution in [0, 0.1) is 10.1 Å². The lowest BCUT2D eigenvalue weighted by Gasteiger charge is -2.18. The number of aliphatic carboxylic acids is 1. The van der Waals surface area contributed by atoms with Gasteiger partial charge in [-0.3, -0.25) is 19.7 Å². The fourth-order valence-corrected chi connectivity index (χ4v) is 1.69. The van der Waals surface area contributed by atoms with E-state index in [1.54, 1.807) is 5.32 Å². The third-order valence-corrected chi connectivity index (χ3v) is 2.64. The van der Waals surface area contributed by atoms with Crippen LogP contribution in [0.1, 0.15) is 12.0 Å². The Morgan fingerprint density at radius 1 is 1.27 bits per heavy atom. The van der Waals surface area contributed by atoms with Gasteiger partial charge in [0.15, 0.2) is 0 Å². The third-order valence-electron chi connectivity index (χ3n) is 2.64. The van der Waals surface area contributed by atoms with Gasteiger partial charge in [0.05, 0.1) is 11.3 Å². The highest BCUT2D eigenvalue weighted by Crippen LogP contribution is 2.17. The zero-order valence-electron chi connectivity index (χ0n) is 11.0. The molecule has 0 radical (unpaired) electrons. The molecule has 0 saturated carbocycles. The fourth-order valence-electron chi connectivity index (χ4n) is 1.69. The van der Waals surface area contributed by atoms with Crippen molar-refractivity contribution >= 4 is 17.6 Å². The topological polar surface area (TPSA) is 110 Å². The van der Waals surface area contributed by atoms with Crippen molar-refractivity contribution in [2.75, 3.05) is 0 Å². The van der Waals surface area contributed by atoms with Gasteiger partial charge in [-0.15, -0.1) is 0 Å². The van der Waals surface area contributed by atoms with E-state index in [1.165, 1.54) is 12.1 Å². The van der Waals surface area contributed by atoms with E-state index in [-0.39, 0.29) is 12.1 Å². The number of nitro benzene ring substituents is 1. The summed E-state index contributed by atoms with van der Waals surface area (Å²) < 4.78 is 36.6. The summed E-state index contributed by atoms with van der Waals surface area (Å²) in [6.07, 6.45) is -6.03. The molecule has 22 heavy (non-hydrogen) atoms. The molecule has 0 heterocycles. The zero-order chi connectivity index (χ0) is 16.9. The highest BCUT2D eigenvalue weighted by Gasteiger charge is 2.39. The largest absolute Gasteiger partial charge is 0.481 e. The van der Waals surface area contributed by atoms with Crippen LogP contribution in [0.15, 0.2) is 24.3 Å². The Morgan fingerprint density at radius 3 is 2.23 bits per heavy atom. The molecule has 1 amide bonds. The van der Waals surface area contributed by atoms with Crippen molar-refractivity contribution in [3.8, 4) is 0 Å². The van der Waals surface area contributed by atoms with Crippen LogP contribution in [-0.2, 0) is 16.0 Å². The van der Waals surface area contributed by atoms with E-state index in [0.717, 1.165) is 12.1 Å². The normalized spacial score (nSPS) is 12.5. The maximum absolute atomic E-state index is 12.2. The lowest BCUT2D eigenvalue weighted by atomic mass is 10.0. The predicted molar refractivity (Wildman–Crippen MR) is 67.0 cm³/mol. The van der Waals surface area contributed by atoms with Crippen LogP contribution in [0.25, 0.3) is 0 Å². The van der Waals surface area contributed by atoms with Gasteiger partial charge < -0.3 is 10.4 Å². The molecule has 1 rings (SSSR count). The molecule has 0 aliphatic rings. The molecule has 1 aromatic carbocycles. The van der Waals surface area contributed by atoms with Crippen molar-refractivity contribution in [2.45, 2.75) is 25.1 Å². The fraction of sp³-hybridized carbons (Fsp3) is 0.333. The van der Waals surface area contributed by atoms with Gasteiger partial charge in [-0.05, 0) is 12.0 Å². The maximum atomic E-state index is 12.2. The number of rotatable bonds is 6. The van der Waals surface area contributed by atoms with Crippen molar-refractivity contribution in [1.82, 2.24) is 5.32 Å². The van der Waals surface area contributed by atoms with Gasteiger partial charge in [-0.2, -0.15) is 13.2 Å². The van der Waals surface area contributed by atoms with Crippen LogP contribution in [0.2, 0.25) is 0 Å². The van der Waals surface area contributed by atoms with E-state index in [0.29, 0.717) is 5.56 Å². The first-order valence-electron chi connectivity index (χ1n) is 5.92. The van der Waals surface area contributed by atoms with Gasteiger partial charge in [0, 0.05) is 18.2 Å². The highest BCUT2D eigenvalue weighted by atomic mass is 19.4. The van der Waals surface area contributed by atoms with E-state index in [2.05, 4.69) is 0 Å². The number of nitrogens with zero attached hydrogens (tertiary/aromatic N) is 1. The number of hydrogen-bond donors (Lipinski definition) is 2. The number of halogens is 3. The van der Waals surface area contributed by atoms with Crippen LogP contribution in [0.5, 0.6) is 0 Å². The van der Waals surface area contributed by atoms with Gasteiger partial charge in [0.25, 0.3) is 5.69 Å². The van der Waals surface area contributed by atoms with Crippen LogP contribution in [0.3, 0.4) is 0 Å². The minimum atomic E-state index is -5.12. The number of benzene rings is 1. The monoisotopic (exact) mass is 320 g/mol. The summed E-state index contributed by atoms with van der Waals surface area (Å²) in [4.78, 5) is 31.4. The molecule has 0 fully saturated rings. The molecule has 1 unspecified atom stereocenters. The summed E-state index contributed by atoms with van der Waals surface area (Å²) >= 11 is 0. The van der Waals surface area contributed by atoms with Gasteiger partial charge in [0.1, 0.15) is 0 Å². The summed E-state index contributed by atoms with van der Waals surface area (Å²) in [5, 5.41) is 20.7. The number of non-ortho nitro benzene ring substituents is 1. The molecule has 7 nitrogen and oxygen atoms in total. The lowest BCUT2D eigenvalue weighted by Crippen LogP contribution is -2.45. The summed E-state index contributed by atoms with van der Waals surface area (Å²) in [6.45, 7) is 0. The van der Waals surface area contributed by atoms with Gasteiger partial charge in [-0.25, -0.2) is 0 Å². The first-order chi connectivity index (χ1) is 10.1. The summed E-state index contributed by atoms with van der Waals surface area (Å²) in [6, 6.07) is 3.56. The number of alkyl halides is 3. The van der Waals surface area contributed by atoms with Gasteiger partial charge in [-0.1, -0.05) is 12.1 Å². The highest BCUT2D eigenvalue weighted by molar-refractivity contribution is 5.82. The summed E-state index contributed by atoms with van der Waals surface area (Å²) in [5.74, 6) is -3.62. The molecule has 1 atom stereocenters. The minimum absolute atomic E-state index is 0.202. The molecule has 2 N–H and O–H groups in total. The van der Waals surface area contributed by atoms with Gasteiger partial charge >= 0.3 is 18.1 Å². The molecular weight excluding hydrogens is 309 g/mol. The Balaban J connectivity index is 2.82. The van der Waals surface area contributed by atoms with Crippen molar-refractivity contribution in [1.29, 1.82) is 0 Å². The second-order valence-corrected chi connectivity index (χ2v) is 4.39. The number of nitrogens with one attached hydrogen (secondary N) is 1. The standard InChI is InChI=1S/C12H11F3N2O5/c13-12(14,15)11(20)16-8(6-10(18)19)5-7-1-3-9(4-2-7)17(21)22/h1-4,8H,5-6H2,(H,16,20)(H,18,19). The number of carboxylic acids is 1. The minimum Gasteiger partial charge on any atom is -0.481 e. The molecule has 1 aromatic rings. The molecule has 0 saturated heterocycles. The number of carbonyl (C=O) groups is 2. The Bertz CT molecular complexity index is 571. The van der Waals surface area contributed by atoms with Crippen LogP contribution in [0.4, 0.5) is 18.9 Å². The molecule has 0 aliphatic carbocycles.